The maximum atomic E-state index is 12.0. The van der Waals surface area contributed by atoms with Gasteiger partial charge < -0.3 is 10.1 Å². The normalized spacial score (nSPS) is 11.5. The van der Waals surface area contributed by atoms with E-state index in [0.717, 1.165) is 9.87 Å². The molecular weight excluding hydrogens is 438 g/mol. The summed E-state index contributed by atoms with van der Waals surface area (Å²) in [4.78, 5) is 16.5. The molecule has 2 N–H and O–H groups in total. The first-order chi connectivity index (χ1) is 14.9. The van der Waals surface area contributed by atoms with Gasteiger partial charge in [-0.1, -0.05) is 42.1 Å². The molecule has 31 heavy (non-hydrogen) atoms. The number of amides is 1. The van der Waals surface area contributed by atoms with Crippen molar-refractivity contribution in [2.45, 2.75) is 10.1 Å². The van der Waals surface area contributed by atoms with E-state index in [1.807, 2.05) is 30.3 Å². The lowest BCUT2D eigenvalue weighted by atomic mass is 10.2. The summed E-state index contributed by atoms with van der Waals surface area (Å²) in [6.07, 6.45) is 0. The molecule has 3 rings (SSSR count). The number of thioether (sulfide) groups is 1. The highest BCUT2D eigenvalue weighted by molar-refractivity contribution is 7.99. The smallest absolute Gasteiger partial charge is 0.257 e. The number of carbonyl (C=O) groups excluding carboxylic acids is 1. The molecule has 164 valence electrons. The Bertz CT molecular complexity index is 1100. The highest BCUT2D eigenvalue weighted by atomic mass is 32.2. The number of H-pyrrole nitrogens is 1. The predicted octanol–water partition coefficient (Wildman–Crippen LogP) is 2.01. The molecule has 1 heterocycles. The average Bonchev–Trinajstić information content (AvgIpc) is 3.25. The molecule has 0 atom stereocenters. The SMILES string of the molecule is CN(C)S(=O)(=O)c1ccc(OCC(=O)NCCSc2n[nH]c(-c3ccccc3)n2)cc1. The van der Waals surface area contributed by atoms with Gasteiger partial charge >= 0.3 is 0 Å². The molecule has 11 heteroatoms. The van der Waals surface area contributed by atoms with Gasteiger partial charge in [0.15, 0.2) is 12.4 Å². The minimum atomic E-state index is -3.49. The van der Waals surface area contributed by atoms with Gasteiger partial charge in [-0.05, 0) is 24.3 Å². The second-order valence-electron chi connectivity index (χ2n) is 6.58. The van der Waals surface area contributed by atoms with E-state index in [0.29, 0.717) is 29.0 Å². The van der Waals surface area contributed by atoms with Crippen LogP contribution < -0.4 is 10.1 Å². The molecule has 0 aliphatic rings. The molecule has 9 nitrogen and oxygen atoms in total. The molecule has 3 aromatic rings. The first-order valence-electron chi connectivity index (χ1n) is 9.39. The summed E-state index contributed by atoms with van der Waals surface area (Å²) in [5, 5.41) is 10.4. The third kappa shape index (κ3) is 6.29. The molecule has 0 radical (unpaired) electrons. The van der Waals surface area contributed by atoms with E-state index < -0.39 is 10.0 Å². The number of hydrogen-bond acceptors (Lipinski definition) is 7. The number of sulfonamides is 1. The third-order valence-electron chi connectivity index (χ3n) is 4.14. The summed E-state index contributed by atoms with van der Waals surface area (Å²) >= 11 is 1.43. The molecule has 2 aromatic carbocycles. The quantitative estimate of drug-likeness (QED) is 0.350. The summed E-state index contributed by atoms with van der Waals surface area (Å²) in [7, 11) is -0.563. The van der Waals surface area contributed by atoms with Crippen molar-refractivity contribution in [1.82, 2.24) is 24.8 Å². The topological polar surface area (TPSA) is 117 Å². The number of nitrogens with zero attached hydrogens (tertiary/aromatic N) is 3. The van der Waals surface area contributed by atoms with Crippen LogP contribution in [0.5, 0.6) is 5.75 Å². The molecule has 0 saturated heterocycles. The van der Waals surface area contributed by atoms with Gasteiger partial charge in [0.2, 0.25) is 15.2 Å². The first-order valence-corrected chi connectivity index (χ1v) is 11.8. The van der Waals surface area contributed by atoms with Gasteiger partial charge in [0.1, 0.15) is 5.75 Å². The zero-order chi connectivity index (χ0) is 22.3. The number of carbonyl (C=O) groups is 1. The lowest BCUT2D eigenvalue weighted by Gasteiger charge is -2.12. The van der Waals surface area contributed by atoms with Gasteiger partial charge in [0, 0.05) is 32.0 Å². The molecular formula is C20H23N5O4S2. The summed E-state index contributed by atoms with van der Waals surface area (Å²) in [5.41, 5.74) is 0.958. The van der Waals surface area contributed by atoms with Crippen LogP contribution in [0.15, 0.2) is 64.6 Å². The van der Waals surface area contributed by atoms with Crippen LogP contribution in [0.25, 0.3) is 11.4 Å². The highest BCUT2D eigenvalue weighted by Gasteiger charge is 2.16. The van der Waals surface area contributed by atoms with Crippen molar-refractivity contribution in [3.8, 4) is 17.1 Å². The fourth-order valence-corrected chi connectivity index (χ4v) is 4.04. The summed E-state index contributed by atoms with van der Waals surface area (Å²) in [6, 6.07) is 15.6. The second-order valence-corrected chi connectivity index (χ2v) is 9.79. The van der Waals surface area contributed by atoms with Crippen LogP contribution in [-0.4, -0.2) is 66.8 Å². The summed E-state index contributed by atoms with van der Waals surface area (Å²) in [5.74, 6) is 1.45. The van der Waals surface area contributed by atoms with Gasteiger partial charge in [-0.25, -0.2) is 17.7 Å². The van der Waals surface area contributed by atoms with Gasteiger partial charge in [-0.3, -0.25) is 9.89 Å². The Balaban J connectivity index is 1.38. The molecule has 0 spiro atoms. The van der Waals surface area contributed by atoms with Crippen LogP contribution in [0.4, 0.5) is 0 Å². The lowest BCUT2D eigenvalue weighted by molar-refractivity contribution is -0.122. The Hall–Kier alpha value is -2.89. The number of benzene rings is 2. The zero-order valence-corrected chi connectivity index (χ0v) is 18.7. The van der Waals surface area contributed by atoms with E-state index in [-0.39, 0.29) is 17.4 Å². The van der Waals surface area contributed by atoms with Crippen LogP contribution in [-0.2, 0) is 14.8 Å². The van der Waals surface area contributed by atoms with Gasteiger partial charge in [-0.2, -0.15) is 0 Å². The van der Waals surface area contributed by atoms with Gasteiger partial charge in [0.25, 0.3) is 5.91 Å². The van der Waals surface area contributed by atoms with Crippen molar-refractivity contribution in [1.29, 1.82) is 0 Å². The molecule has 1 amide bonds. The standard InChI is InChI=1S/C20H23N5O4S2/c1-25(2)31(27,28)17-10-8-16(9-11-17)29-14-18(26)21-12-13-30-20-22-19(23-24-20)15-6-4-3-5-7-15/h3-11H,12-14H2,1-2H3,(H,21,26)(H,22,23,24). The Morgan fingerprint density at radius 3 is 2.52 bits per heavy atom. The van der Waals surface area contributed by atoms with Crippen molar-refractivity contribution in [3.63, 3.8) is 0 Å². The minimum absolute atomic E-state index is 0.161. The minimum Gasteiger partial charge on any atom is -0.484 e. The van der Waals surface area contributed by atoms with Crippen molar-refractivity contribution in [3.05, 3.63) is 54.6 Å². The number of hydrogen-bond donors (Lipinski definition) is 2. The largest absolute Gasteiger partial charge is 0.484 e. The summed E-state index contributed by atoms with van der Waals surface area (Å²) < 4.78 is 30.6. The number of aromatic amines is 1. The van der Waals surface area contributed by atoms with Gasteiger partial charge in [0.05, 0.1) is 4.90 Å². The lowest BCUT2D eigenvalue weighted by Crippen LogP contribution is -2.30. The van der Waals surface area contributed by atoms with E-state index in [2.05, 4.69) is 20.5 Å². The molecule has 0 fully saturated rings. The van der Waals surface area contributed by atoms with Crippen LogP contribution in [0.1, 0.15) is 0 Å². The van der Waals surface area contributed by atoms with E-state index in [9.17, 15) is 13.2 Å². The predicted molar refractivity (Wildman–Crippen MR) is 118 cm³/mol. The first kappa shape index (κ1) is 22.8. The van der Waals surface area contributed by atoms with Crippen molar-refractivity contribution < 1.29 is 17.9 Å². The average molecular weight is 462 g/mol. The van der Waals surface area contributed by atoms with Crippen LogP contribution in [0.3, 0.4) is 0 Å². The Morgan fingerprint density at radius 2 is 1.84 bits per heavy atom. The van der Waals surface area contributed by atoms with E-state index in [4.69, 9.17) is 4.74 Å². The van der Waals surface area contributed by atoms with E-state index >= 15 is 0 Å². The highest BCUT2D eigenvalue weighted by Crippen LogP contribution is 2.19. The molecule has 0 bridgehead atoms. The third-order valence-corrected chi connectivity index (χ3v) is 6.82. The molecule has 1 aromatic heterocycles. The Labute approximate surface area is 185 Å². The maximum Gasteiger partial charge on any atom is 0.257 e. The number of aromatic nitrogens is 3. The fraction of sp³-hybridized carbons (Fsp3) is 0.250. The van der Waals surface area contributed by atoms with Crippen LogP contribution >= 0.6 is 11.8 Å². The molecule has 0 aliphatic heterocycles. The van der Waals surface area contributed by atoms with Crippen LogP contribution in [0.2, 0.25) is 0 Å². The van der Waals surface area contributed by atoms with Crippen molar-refractivity contribution in [2.75, 3.05) is 33.0 Å². The van der Waals surface area contributed by atoms with Crippen LogP contribution in [0, 0.1) is 0 Å². The van der Waals surface area contributed by atoms with Crippen molar-refractivity contribution >= 4 is 27.7 Å². The Kier molecular flexibility index (Phi) is 7.66. The summed E-state index contributed by atoms with van der Waals surface area (Å²) in [6.45, 7) is 0.269. The monoisotopic (exact) mass is 461 g/mol. The van der Waals surface area contributed by atoms with Crippen molar-refractivity contribution in [2.24, 2.45) is 0 Å². The number of nitrogens with one attached hydrogen (secondary N) is 2. The van der Waals surface area contributed by atoms with Gasteiger partial charge in [-0.15, -0.1) is 5.10 Å². The molecule has 0 unspecified atom stereocenters. The second kappa shape index (κ2) is 10.4. The fourth-order valence-electron chi connectivity index (χ4n) is 2.49. The maximum absolute atomic E-state index is 12.0. The molecule has 0 aliphatic carbocycles. The van der Waals surface area contributed by atoms with E-state index in [1.54, 1.807) is 0 Å². The zero-order valence-electron chi connectivity index (χ0n) is 17.1. The molecule has 0 saturated carbocycles. The number of ether oxygens (including phenoxy) is 1. The Morgan fingerprint density at radius 1 is 1.13 bits per heavy atom. The van der Waals surface area contributed by atoms with E-state index in [1.165, 1.54) is 50.1 Å². The number of rotatable bonds is 10.